The number of ether oxygens (including phenoxy) is 1. The van der Waals surface area contributed by atoms with Gasteiger partial charge in [0.25, 0.3) is 5.91 Å². The van der Waals surface area contributed by atoms with E-state index in [1.807, 2.05) is 17.9 Å². The molecule has 1 aromatic heterocycles. The van der Waals surface area contributed by atoms with Crippen LogP contribution in [0.25, 0.3) is 0 Å². The van der Waals surface area contributed by atoms with E-state index in [-0.39, 0.29) is 11.9 Å². The molecule has 6 nitrogen and oxygen atoms in total. The van der Waals surface area contributed by atoms with E-state index < -0.39 is 6.04 Å². The number of hydrogen-bond donors (Lipinski definition) is 1. The molecule has 2 aliphatic rings. The number of rotatable bonds is 4. The van der Waals surface area contributed by atoms with Gasteiger partial charge in [-0.05, 0) is 37.5 Å². The second-order valence-corrected chi connectivity index (χ2v) is 8.49. The second-order valence-electron chi connectivity index (χ2n) is 7.29. The van der Waals surface area contributed by atoms with Crippen molar-refractivity contribution in [2.24, 2.45) is 0 Å². The van der Waals surface area contributed by atoms with Gasteiger partial charge in [-0.25, -0.2) is 4.68 Å². The van der Waals surface area contributed by atoms with Gasteiger partial charge in [0.05, 0.1) is 28.3 Å². The Hall–Kier alpha value is -1.73. The van der Waals surface area contributed by atoms with E-state index in [9.17, 15) is 4.79 Å². The first-order chi connectivity index (χ1) is 13.9. The molecule has 2 aliphatic heterocycles. The minimum Gasteiger partial charge on any atom is -0.383 e. The Morgan fingerprint density at radius 3 is 2.79 bits per heavy atom. The molecule has 2 unspecified atom stereocenters. The molecule has 0 aliphatic carbocycles. The van der Waals surface area contributed by atoms with Gasteiger partial charge in [-0.15, -0.1) is 0 Å². The van der Waals surface area contributed by atoms with E-state index in [4.69, 9.17) is 39.5 Å². The number of halogens is 3. The van der Waals surface area contributed by atoms with Crippen molar-refractivity contribution in [1.29, 1.82) is 0 Å². The first-order valence-corrected chi connectivity index (χ1v) is 10.5. The lowest BCUT2D eigenvalue weighted by Gasteiger charge is -2.33. The standard InChI is InChI=1S/C20H21Cl3N4O2/c1-11-18(20(28)26-7-3-4-13(26)10-29-2)19(12-5-6-14(21)15(22)8-12)27-17(24-11)9-16(23)25-27/h5-6,8-9,13,19,24H,3-4,7,10H2,1-2H3. The van der Waals surface area contributed by atoms with Gasteiger partial charge in [0, 0.05) is 25.4 Å². The first kappa shape index (κ1) is 20.5. The highest BCUT2D eigenvalue weighted by Crippen LogP contribution is 2.40. The van der Waals surface area contributed by atoms with Crippen molar-refractivity contribution in [2.45, 2.75) is 31.8 Å². The molecule has 1 fully saturated rings. The molecule has 9 heteroatoms. The SMILES string of the molecule is COCC1CCCN1C(=O)C1=C(C)Nc2cc(Cl)nn2C1c1ccc(Cl)c(Cl)c1. The summed E-state index contributed by atoms with van der Waals surface area (Å²) in [5.41, 5.74) is 2.18. The summed E-state index contributed by atoms with van der Waals surface area (Å²) in [6, 6.07) is 6.69. The number of carbonyl (C=O) groups excluding carboxylic acids is 1. The van der Waals surface area contributed by atoms with Crippen LogP contribution in [0.2, 0.25) is 15.2 Å². The Labute approximate surface area is 184 Å². The van der Waals surface area contributed by atoms with Gasteiger partial charge in [0.15, 0.2) is 5.15 Å². The van der Waals surface area contributed by atoms with Gasteiger partial charge in [-0.1, -0.05) is 40.9 Å². The number of allylic oxidation sites excluding steroid dienone is 1. The number of nitrogens with zero attached hydrogens (tertiary/aromatic N) is 3. The van der Waals surface area contributed by atoms with Crippen LogP contribution in [0.15, 0.2) is 35.5 Å². The zero-order chi connectivity index (χ0) is 20.7. The van der Waals surface area contributed by atoms with Gasteiger partial charge in [0.2, 0.25) is 0 Å². The Balaban J connectivity index is 1.81. The number of carbonyl (C=O) groups is 1. The molecule has 0 radical (unpaired) electrons. The van der Waals surface area contributed by atoms with Crippen LogP contribution in [0.1, 0.15) is 31.4 Å². The molecule has 1 amide bonds. The Kier molecular flexibility index (Phi) is 5.80. The van der Waals surface area contributed by atoms with Gasteiger partial charge >= 0.3 is 0 Å². The monoisotopic (exact) mass is 454 g/mol. The van der Waals surface area contributed by atoms with Crippen LogP contribution in [-0.2, 0) is 9.53 Å². The highest BCUT2D eigenvalue weighted by molar-refractivity contribution is 6.42. The largest absolute Gasteiger partial charge is 0.383 e. The average molecular weight is 456 g/mol. The summed E-state index contributed by atoms with van der Waals surface area (Å²) in [5.74, 6) is 0.679. The number of fused-ring (bicyclic) bond motifs is 1. The van der Waals surface area contributed by atoms with E-state index in [0.717, 1.165) is 29.9 Å². The summed E-state index contributed by atoms with van der Waals surface area (Å²) in [7, 11) is 1.66. The number of nitrogens with one attached hydrogen (secondary N) is 1. The number of aromatic nitrogens is 2. The fourth-order valence-electron chi connectivity index (χ4n) is 4.13. The fourth-order valence-corrected chi connectivity index (χ4v) is 4.62. The summed E-state index contributed by atoms with van der Waals surface area (Å²) >= 11 is 18.6. The number of methoxy groups -OCH3 is 1. The van der Waals surface area contributed by atoms with Gasteiger partial charge in [-0.3, -0.25) is 4.79 Å². The summed E-state index contributed by atoms with van der Waals surface area (Å²) in [5, 5.41) is 8.91. The van der Waals surface area contributed by atoms with Crippen molar-refractivity contribution in [2.75, 3.05) is 25.6 Å². The predicted molar refractivity (Wildman–Crippen MR) is 115 cm³/mol. The van der Waals surface area contributed by atoms with E-state index in [0.29, 0.717) is 33.9 Å². The third kappa shape index (κ3) is 3.75. The second kappa shape index (κ2) is 8.19. The maximum absolute atomic E-state index is 13.7. The summed E-state index contributed by atoms with van der Waals surface area (Å²) < 4.78 is 7.05. The van der Waals surface area contributed by atoms with Crippen LogP contribution in [0.3, 0.4) is 0 Å². The molecule has 1 saturated heterocycles. The van der Waals surface area contributed by atoms with Crippen LogP contribution < -0.4 is 5.32 Å². The average Bonchev–Trinajstić information content (AvgIpc) is 3.28. The minimum absolute atomic E-state index is 0.0390. The van der Waals surface area contributed by atoms with Crippen LogP contribution in [-0.4, -0.2) is 46.9 Å². The number of amides is 1. The highest BCUT2D eigenvalue weighted by Gasteiger charge is 2.38. The number of hydrogen-bond acceptors (Lipinski definition) is 4. The summed E-state index contributed by atoms with van der Waals surface area (Å²) in [6.45, 7) is 3.11. The van der Waals surface area contributed by atoms with E-state index in [1.165, 1.54) is 0 Å². The van der Waals surface area contributed by atoms with E-state index in [2.05, 4.69) is 10.4 Å². The van der Waals surface area contributed by atoms with Crippen molar-refractivity contribution in [3.8, 4) is 0 Å². The predicted octanol–water partition coefficient (Wildman–Crippen LogP) is 4.77. The van der Waals surface area contributed by atoms with Crippen LogP contribution in [0, 0.1) is 0 Å². The van der Waals surface area contributed by atoms with Crippen LogP contribution >= 0.6 is 34.8 Å². The van der Waals surface area contributed by atoms with Gasteiger partial charge < -0.3 is 15.0 Å². The third-order valence-corrected chi connectivity index (χ3v) is 6.35. The maximum Gasteiger partial charge on any atom is 0.254 e. The minimum atomic E-state index is -0.468. The molecule has 0 bridgehead atoms. The summed E-state index contributed by atoms with van der Waals surface area (Å²) in [4.78, 5) is 15.6. The molecule has 29 heavy (non-hydrogen) atoms. The first-order valence-electron chi connectivity index (χ1n) is 9.38. The van der Waals surface area contributed by atoms with Crippen molar-refractivity contribution < 1.29 is 9.53 Å². The van der Waals surface area contributed by atoms with Crippen molar-refractivity contribution in [1.82, 2.24) is 14.7 Å². The van der Waals surface area contributed by atoms with Crippen molar-refractivity contribution >= 4 is 46.5 Å². The number of likely N-dealkylation sites (tertiary alicyclic amines) is 1. The molecule has 0 saturated carbocycles. The fraction of sp³-hybridized carbons (Fsp3) is 0.400. The third-order valence-electron chi connectivity index (χ3n) is 5.43. The maximum atomic E-state index is 13.7. The molecule has 154 valence electrons. The Morgan fingerprint density at radius 2 is 2.07 bits per heavy atom. The lowest BCUT2D eigenvalue weighted by atomic mass is 9.94. The number of anilines is 1. The molecular weight excluding hydrogens is 435 g/mol. The molecule has 4 rings (SSSR count). The molecular formula is C20H21Cl3N4O2. The normalized spacial score (nSPS) is 21.3. The van der Waals surface area contributed by atoms with Crippen LogP contribution in [0.5, 0.6) is 0 Å². The molecule has 1 N–H and O–H groups in total. The topological polar surface area (TPSA) is 59.4 Å². The van der Waals surface area contributed by atoms with Crippen LogP contribution in [0.4, 0.5) is 5.82 Å². The van der Waals surface area contributed by atoms with E-state index in [1.54, 1.807) is 30.0 Å². The Bertz CT molecular complexity index is 988. The van der Waals surface area contributed by atoms with Gasteiger partial charge in [-0.2, -0.15) is 5.10 Å². The summed E-state index contributed by atoms with van der Waals surface area (Å²) in [6.07, 6.45) is 1.88. The quantitative estimate of drug-likeness (QED) is 0.721. The molecule has 1 aromatic carbocycles. The lowest BCUT2D eigenvalue weighted by molar-refractivity contribution is -0.129. The Morgan fingerprint density at radius 1 is 1.28 bits per heavy atom. The van der Waals surface area contributed by atoms with Crippen molar-refractivity contribution in [3.05, 3.63) is 56.3 Å². The zero-order valence-corrected chi connectivity index (χ0v) is 18.4. The molecule has 2 aromatic rings. The van der Waals surface area contributed by atoms with E-state index >= 15 is 0 Å². The van der Waals surface area contributed by atoms with Gasteiger partial charge in [0.1, 0.15) is 11.9 Å². The molecule has 3 heterocycles. The molecule has 2 atom stereocenters. The molecule has 0 spiro atoms. The van der Waals surface area contributed by atoms with Crippen molar-refractivity contribution in [3.63, 3.8) is 0 Å². The highest BCUT2D eigenvalue weighted by atomic mass is 35.5. The smallest absolute Gasteiger partial charge is 0.254 e. The zero-order valence-electron chi connectivity index (χ0n) is 16.1. The lowest BCUT2D eigenvalue weighted by Crippen LogP contribution is -2.42. The number of benzene rings is 1.